The fourth-order valence-corrected chi connectivity index (χ4v) is 2.35. The molecule has 0 aliphatic carbocycles. The van der Waals surface area contributed by atoms with Gasteiger partial charge in [-0.05, 0) is 43.6 Å². The molecule has 4 nitrogen and oxygen atoms in total. The van der Waals surface area contributed by atoms with Gasteiger partial charge in [-0.2, -0.15) is 0 Å². The maximum atomic E-state index is 11.4. The van der Waals surface area contributed by atoms with Crippen LogP contribution in [-0.4, -0.2) is 16.7 Å². The summed E-state index contributed by atoms with van der Waals surface area (Å²) in [5.41, 5.74) is 0.467. The number of carbonyl (C=O) groups is 1. The molecular formula is C10H15BrN2O2S. The lowest BCUT2D eigenvalue weighted by Gasteiger charge is -2.19. The summed E-state index contributed by atoms with van der Waals surface area (Å²) in [6, 6.07) is 0. The molecule has 1 aromatic heterocycles. The SMILES string of the molecule is Cc1nc(CNC(=O)OC(C)(C)C)sc1Br. The molecule has 0 saturated carbocycles. The molecule has 0 aromatic carbocycles. The van der Waals surface area contributed by atoms with Crippen LogP contribution >= 0.6 is 27.3 Å². The topological polar surface area (TPSA) is 51.2 Å². The maximum Gasteiger partial charge on any atom is 0.408 e. The number of amides is 1. The minimum absolute atomic E-state index is 0.395. The molecule has 0 fully saturated rings. The molecule has 0 aliphatic heterocycles. The second-order valence-corrected chi connectivity index (χ2v) is 6.72. The highest BCUT2D eigenvalue weighted by Crippen LogP contribution is 2.23. The molecule has 0 unspecified atom stereocenters. The molecule has 16 heavy (non-hydrogen) atoms. The predicted molar refractivity (Wildman–Crippen MR) is 67.6 cm³/mol. The molecule has 1 heterocycles. The third-order valence-corrected chi connectivity index (χ3v) is 3.57. The first-order valence-corrected chi connectivity index (χ1v) is 6.47. The highest BCUT2D eigenvalue weighted by atomic mass is 79.9. The number of rotatable bonds is 2. The smallest absolute Gasteiger partial charge is 0.408 e. The number of carbonyl (C=O) groups excluding carboxylic acids is 1. The Balaban J connectivity index is 2.43. The van der Waals surface area contributed by atoms with Crippen molar-refractivity contribution < 1.29 is 9.53 Å². The molecule has 1 rings (SSSR count). The van der Waals surface area contributed by atoms with E-state index in [0.717, 1.165) is 14.5 Å². The Morgan fingerprint density at radius 3 is 2.62 bits per heavy atom. The minimum atomic E-state index is -0.469. The summed E-state index contributed by atoms with van der Waals surface area (Å²) in [5, 5.41) is 3.52. The van der Waals surface area contributed by atoms with Crippen molar-refractivity contribution in [2.24, 2.45) is 0 Å². The van der Waals surface area contributed by atoms with Crippen LogP contribution in [0.2, 0.25) is 0 Å². The first kappa shape index (κ1) is 13.4. The van der Waals surface area contributed by atoms with Crippen LogP contribution in [-0.2, 0) is 11.3 Å². The Morgan fingerprint density at radius 2 is 2.19 bits per heavy atom. The summed E-state index contributed by atoms with van der Waals surface area (Å²) in [6.07, 6.45) is -0.420. The zero-order chi connectivity index (χ0) is 12.3. The van der Waals surface area contributed by atoms with Crippen LogP contribution in [0, 0.1) is 6.92 Å². The highest BCUT2D eigenvalue weighted by Gasteiger charge is 2.16. The van der Waals surface area contributed by atoms with Gasteiger partial charge in [0.2, 0.25) is 0 Å². The van der Waals surface area contributed by atoms with Gasteiger partial charge in [0.15, 0.2) is 0 Å². The summed E-state index contributed by atoms with van der Waals surface area (Å²) >= 11 is 4.89. The summed E-state index contributed by atoms with van der Waals surface area (Å²) in [7, 11) is 0. The van der Waals surface area contributed by atoms with Crippen LogP contribution < -0.4 is 5.32 Å². The van der Waals surface area contributed by atoms with Crippen LogP contribution in [0.1, 0.15) is 31.5 Å². The Hall–Kier alpha value is -0.620. The zero-order valence-corrected chi connectivity index (χ0v) is 12.2. The Bertz CT molecular complexity index is 365. The number of alkyl carbamates (subject to hydrolysis) is 1. The Labute approximate surface area is 108 Å². The number of ether oxygens (including phenoxy) is 1. The van der Waals surface area contributed by atoms with Crippen LogP contribution in [0.5, 0.6) is 0 Å². The Morgan fingerprint density at radius 1 is 1.56 bits per heavy atom. The summed E-state index contributed by atoms with van der Waals surface area (Å²) < 4.78 is 6.11. The van der Waals surface area contributed by atoms with Crippen molar-refractivity contribution in [1.82, 2.24) is 10.3 Å². The number of hydrogen-bond acceptors (Lipinski definition) is 4. The number of aryl methyl sites for hydroxylation is 1. The first-order valence-electron chi connectivity index (χ1n) is 4.86. The maximum absolute atomic E-state index is 11.4. The number of halogens is 1. The van der Waals surface area contributed by atoms with E-state index in [1.54, 1.807) is 0 Å². The van der Waals surface area contributed by atoms with Crippen molar-refractivity contribution in [1.29, 1.82) is 0 Å². The van der Waals surface area contributed by atoms with Gasteiger partial charge in [0, 0.05) is 0 Å². The summed E-state index contributed by atoms with van der Waals surface area (Å²) in [4.78, 5) is 15.6. The van der Waals surface area contributed by atoms with Crippen LogP contribution in [0.3, 0.4) is 0 Å². The molecule has 90 valence electrons. The van der Waals surface area contributed by atoms with Gasteiger partial charge in [-0.3, -0.25) is 0 Å². The highest BCUT2D eigenvalue weighted by molar-refractivity contribution is 9.11. The van der Waals surface area contributed by atoms with Crippen molar-refractivity contribution in [3.63, 3.8) is 0 Å². The van der Waals surface area contributed by atoms with E-state index in [-0.39, 0.29) is 0 Å². The van der Waals surface area contributed by atoms with Gasteiger partial charge >= 0.3 is 6.09 Å². The number of nitrogens with one attached hydrogen (secondary N) is 1. The van der Waals surface area contributed by atoms with Gasteiger partial charge < -0.3 is 10.1 Å². The van der Waals surface area contributed by atoms with Crippen molar-refractivity contribution in [3.05, 3.63) is 14.5 Å². The number of hydrogen-bond donors (Lipinski definition) is 1. The van der Waals surface area contributed by atoms with E-state index in [1.807, 2.05) is 27.7 Å². The van der Waals surface area contributed by atoms with Crippen LogP contribution in [0.15, 0.2) is 3.79 Å². The lowest BCUT2D eigenvalue weighted by Crippen LogP contribution is -2.32. The molecule has 0 bridgehead atoms. The van der Waals surface area contributed by atoms with Gasteiger partial charge in [-0.25, -0.2) is 9.78 Å². The average molecular weight is 307 g/mol. The number of nitrogens with zero attached hydrogens (tertiary/aromatic N) is 1. The van der Waals surface area contributed by atoms with Gasteiger partial charge in [-0.15, -0.1) is 11.3 Å². The molecule has 6 heteroatoms. The fraction of sp³-hybridized carbons (Fsp3) is 0.600. The molecule has 0 atom stereocenters. The van der Waals surface area contributed by atoms with Crippen molar-refractivity contribution in [2.45, 2.75) is 39.8 Å². The average Bonchev–Trinajstić information content (AvgIpc) is 2.40. The van der Waals surface area contributed by atoms with E-state index in [4.69, 9.17) is 4.74 Å². The van der Waals surface area contributed by atoms with Crippen LogP contribution in [0.25, 0.3) is 0 Å². The van der Waals surface area contributed by atoms with Gasteiger partial charge in [0.25, 0.3) is 0 Å². The van der Waals surface area contributed by atoms with E-state index in [1.165, 1.54) is 11.3 Å². The minimum Gasteiger partial charge on any atom is -0.444 e. The third-order valence-electron chi connectivity index (χ3n) is 1.57. The molecule has 0 aliphatic rings. The standard InChI is InChI=1S/C10H15BrN2O2S/c1-6-8(11)16-7(13-6)5-12-9(14)15-10(2,3)4/h5H2,1-4H3,(H,12,14). The molecular weight excluding hydrogens is 292 g/mol. The van der Waals surface area contributed by atoms with E-state index >= 15 is 0 Å². The molecule has 0 spiro atoms. The van der Waals surface area contributed by atoms with Crippen molar-refractivity contribution >= 4 is 33.4 Å². The quantitative estimate of drug-likeness (QED) is 0.912. The fourth-order valence-electron chi connectivity index (χ4n) is 0.969. The molecule has 0 radical (unpaired) electrons. The van der Waals surface area contributed by atoms with Crippen molar-refractivity contribution in [3.8, 4) is 0 Å². The van der Waals surface area contributed by atoms with E-state index in [9.17, 15) is 4.79 Å². The van der Waals surface area contributed by atoms with Gasteiger partial charge in [0.1, 0.15) is 10.6 Å². The molecule has 1 aromatic rings. The summed E-state index contributed by atoms with van der Waals surface area (Å²) in [6.45, 7) is 7.80. The molecule has 1 N–H and O–H groups in total. The third kappa shape index (κ3) is 4.49. The largest absolute Gasteiger partial charge is 0.444 e. The number of thiazole rings is 1. The van der Waals surface area contributed by atoms with E-state index in [2.05, 4.69) is 26.2 Å². The second kappa shape index (κ2) is 5.14. The summed E-state index contributed by atoms with van der Waals surface area (Å²) in [5.74, 6) is 0. The van der Waals surface area contributed by atoms with Crippen LogP contribution in [0.4, 0.5) is 4.79 Å². The van der Waals surface area contributed by atoms with E-state index < -0.39 is 11.7 Å². The Kier molecular flexibility index (Phi) is 4.32. The lowest BCUT2D eigenvalue weighted by molar-refractivity contribution is 0.0523. The molecule has 1 amide bonds. The first-order chi connectivity index (χ1) is 7.28. The zero-order valence-electron chi connectivity index (χ0n) is 9.76. The van der Waals surface area contributed by atoms with Gasteiger partial charge in [0.05, 0.1) is 16.0 Å². The predicted octanol–water partition coefficient (Wildman–Crippen LogP) is 3.24. The van der Waals surface area contributed by atoms with Crippen molar-refractivity contribution in [2.75, 3.05) is 0 Å². The lowest BCUT2D eigenvalue weighted by atomic mass is 10.2. The van der Waals surface area contributed by atoms with E-state index in [0.29, 0.717) is 6.54 Å². The monoisotopic (exact) mass is 306 g/mol. The normalized spacial score (nSPS) is 11.3. The van der Waals surface area contributed by atoms with Gasteiger partial charge in [-0.1, -0.05) is 0 Å². The molecule has 0 saturated heterocycles. The second-order valence-electron chi connectivity index (χ2n) is 4.32. The number of aromatic nitrogens is 1.